The lowest BCUT2D eigenvalue weighted by molar-refractivity contribution is -0.142. The third-order valence-electron chi connectivity index (χ3n) is 2.61. The Kier molecular flexibility index (Phi) is 7.54. The molecule has 0 saturated heterocycles. The first-order valence-corrected chi connectivity index (χ1v) is 6.09. The van der Waals surface area contributed by atoms with E-state index < -0.39 is 12.0 Å². The fraction of sp³-hybridized carbons (Fsp3) is 0.833. The summed E-state index contributed by atoms with van der Waals surface area (Å²) in [5.41, 5.74) is 5.45. The maximum Gasteiger partial charge on any atom is 0.326 e. The van der Waals surface area contributed by atoms with Crippen LogP contribution in [0.5, 0.6) is 0 Å². The fourth-order valence-corrected chi connectivity index (χ4v) is 1.45. The second-order valence-corrected chi connectivity index (χ2v) is 4.97. The van der Waals surface area contributed by atoms with Crippen molar-refractivity contribution < 1.29 is 14.7 Å². The Morgan fingerprint density at radius 2 is 1.88 bits per heavy atom. The SMILES string of the molecule is CC(C)C[C@H](NC(=O)CCC(C)CN)C(=O)O. The summed E-state index contributed by atoms with van der Waals surface area (Å²) in [6.07, 6.45) is 1.48. The number of carboxylic acids is 1. The molecule has 0 aliphatic rings. The standard InChI is InChI=1S/C12H24N2O3/c1-8(2)6-10(12(16)17)14-11(15)5-4-9(3)7-13/h8-10H,4-7,13H2,1-3H3,(H,14,15)(H,16,17)/t9?,10-/m0/s1. The second kappa shape index (κ2) is 8.06. The summed E-state index contributed by atoms with van der Waals surface area (Å²) in [6.45, 7) is 6.37. The van der Waals surface area contributed by atoms with Gasteiger partial charge in [0.15, 0.2) is 0 Å². The Hall–Kier alpha value is -1.10. The number of nitrogens with two attached hydrogens (primary N) is 1. The van der Waals surface area contributed by atoms with Gasteiger partial charge < -0.3 is 16.2 Å². The zero-order valence-electron chi connectivity index (χ0n) is 10.9. The van der Waals surface area contributed by atoms with E-state index >= 15 is 0 Å². The average molecular weight is 244 g/mol. The Bertz CT molecular complexity index is 254. The van der Waals surface area contributed by atoms with Crippen molar-refractivity contribution in [3.05, 3.63) is 0 Å². The van der Waals surface area contributed by atoms with E-state index in [4.69, 9.17) is 10.8 Å². The highest BCUT2D eigenvalue weighted by atomic mass is 16.4. The fourth-order valence-electron chi connectivity index (χ4n) is 1.45. The summed E-state index contributed by atoms with van der Waals surface area (Å²) in [6, 6.07) is -0.782. The molecular formula is C12H24N2O3. The molecular weight excluding hydrogens is 220 g/mol. The Morgan fingerprint density at radius 1 is 1.29 bits per heavy atom. The van der Waals surface area contributed by atoms with Crippen LogP contribution in [0, 0.1) is 11.8 Å². The van der Waals surface area contributed by atoms with Crippen molar-refractivity contribution in [2.75, 3.05) is 6.54 Å². The van der Waals surface area contributed by atoms with Crippen molar-refractivity contribution in [2.45, 2.75) is 46.1 Å². The lowest BCUT2D eigenvalue weighted by Crippen LogP contribution is -2.41. The third kappa shape index (κ3) is 7.74. The number of rotatable bonds is 8. The van der Waals surface area contributed by atoms with E-state index in [1.54, 1.807) is 0 Å². The Morgan fingerprint density at radius 3 is 2.29 bits per heavy atom. The molecule has 0 aliphatic carbocycles. The summed E-state index contributed by atoms with van der Waals surface area (Å²) in [5, 5.41) is 11.5. The maximum atomic E-state index is 11.5. The molecule has 17 heavy (non-hydrogen) atoms. The zero-order chi connectivity index (χ0) is 13.4. The van der Waals surface area contributed by atoms with Crippen molar-refractivity contribution in [3.8, 4) is 0 Å². The molecule has 1 unspecified atom stereocenters. The molecule has 5 heteroatoms. The molecule has 0 aliphatic heterocycles. The van der Waals surface area contributed by atoms with Gasteiger partial charge in [-0.05, 0) is 31.2 Å². The molecule has 1 amide bonds. The quantitative estimate of drug-likeness (QED) is 0.593. The summed E-state index contributed by atoms with van der Waals surface area (Å²) in [4.78, 5) is 22.5. The third-order valence-corrected chi connectivity index (χ3v) is 2.61. The van der Waals surface area contributed by atoms with Crippen LogP contribution in [0.25, 0.3) is 0 Å². The van der Waals surface area contributed by atoms with Crippen LogP contribution < -0.4 is 11.1 Å². The highest BCUT2D eigenvalue weighted by Crippen LogP contribution is 2.07. The van der Waals surface area contributed by atoms with Gasteiger partial charge in [-0.1, -0.05) is 20.8 Å². The molecule has 0 fully saturated rings. The van der Waals surface area contributed by atoms with Crippen LogP contribution in [0.1, 0.15) is 40.0 Å². The summed E-state index contributed by atoms with van der Waals surface area (Å²) in [7, 11) is 0. The van der Waals surface area contributed by atoms with E-state index in [9.17, 15) is 9.59 Å². The number of carboxylic acid groups (broad SMARTS) is 1. The van der Waals surface area contributed by atoms with Gasteiger partial charge in [0, 0.05) is 6.42 Å². The number of amides is 1. The number of nitrogens with one attached hydrogen (secondary N) is 1. The van der Waals surface area contributed by atoms with Crippen LogP contribution in [-0.4, -0.2) is 29.6 Å². The number of carbonyl (C=O) groups is 2. The normalized spacial score (nSPS) is 14.4. The van der Waals surface area contributed by atoms with Gasteiger partial charge in [0.05, 0.1) is 0 Å². The summed E-state index contributed by atoms with van der Waals surface area (Å²) < 4.78 is 0. The predicted molar refractivity (Wildman–Crippen MR) is 66.5 cm³/mol. The van der Waals surface area contributed by atoms with Crippen LogP contribution in [0.2, 0.25) is 0 Å². The molecule has 0 radical (unpaired) electrons. The van der Waals surface area contributed by atoms with Gasteiger partial charge in [0.25, 0.3) is 0 Å². The molecule has 0 heterocycles. The minimum atomic E-state index is -0.973. The van der Waals surface area contributed by atoms with E-state index in [-0.39, 0.29) is 17.7 Å². The maximum absolute atomic E-state index is 11.5. The van der Waals surface area contributed by atoms with Gasteiger partial charge >= 0.3 is 5.97 Å². The minimum Gasteiger partial charge on any atom is -0.480 e. The van der Waals surface area contributed by atoms with Crippen LogP contribution in [0.4, 0.5) is 0 Å². The number of aliphatic carboxylic acids is 1. The van der Waals surface area contributed by atoms with Crippen LogP contribution in [0.3, 0.4) is 0 Å². The van der Waals surface area contributed by atoms with E-state index in [0.717, 1.165) is 0 Å². The lowest BCUT2D eigenvalue weighted by Gasteiger charge is -2.17. The molecule has 0 saturated carbocycles. The topological polar surface area (TPSA) is 92.4 Å². The van der Waals surface area contributed by atoms with Crippen molar-refractivity contribution in [3.63, 3.8) is 0 Å². The number of carbonyl (C=O) groups excluding carboxylic acids is 1. The second-order valence-electron chi connectivity index (χ2n) is 4.97. The molecule has 0 spiro atoms. The van der Waals surface area contributed by atoms with Crippen LogP contribution in [-0.2, 0) is 9.59 Å². The summed E-state index contributed by atoms with van der Waals surface area (Å²) in [5.74, 6) is -0.661. The Balaban J connectivity index is 4.08. The summed E-state index contributed by atoms with van der Waals surface area (Å²) >= 11 is 0. The van der Waals surface area contributed by atoms with E-state index in [1.807, 2.05) is 20.8 Å². The van der Waals surface area contributed by atoms with Gasteiger partial charge in [-0.2, -0.15) is 0 Å². The minimum absolute atomic E-state index is 0.210. The van der Waals surface area contributed by atoms with E-state index in [0.29, 0.717) is 25.8 Å². The highest BCUT2D eigenvalue weighted by molar-refractivity contribution is 5.83. The smallest absolute Gasteiger partial charge is 0.326 e. The van der Waals surface area contributed by atoms with Gasteiger partial charge in [0.1, 0.15) is 6.04 Å². The Labute approximate surface area is 103 Å². The first kappa shape index (κ1) is 15.9. The van der Waals surface area contributed by atoms with Crippen molar-refractivity contribution in [2.24, 2.45) is 17.6 Å². The van der Waals surface area contributed by atoms with E-state index in [2.05, 4.69) is 5.32 Å². The van der Waals surface area contributed by atoms with Crippen LogP contribution in [0.15, 0.2) is 0 Å². The molecule has 2 atom stereocenters. The molecule has 0 aromatic carbocycles. The largest absolute Gasteiger partial charge is 0.480 e. The molecule has 100 valence electrons. The number of hydrogen-bond donors (Lipinski definition) is 3. The van der Waals surface area contributed by atoms with Gasteiger partial charge in [0.2, 0.25) is 5.91 Å². The molecule has 0 rings (SSSR count). The predicted octanol–water partition coefficient (Wildman–Crippen LogP) is 0.977. The number of hydrogen-bond acceptors (Lipinski definition) is 3. The van der Waals surface area contributed by atoms with Gasteiger partial charge in [-0.3, -0.25) is 4.79 Å². The van der Waals surface area contributed by atoms with Gasteiger partial charge in [-0.25, -0.2) is 4.79 Å². The highest BCUT2D eigenvalue weighted by Gasteiger charge is 2.20. The first-order chi connectivity index (χ1) is 7.86. The first-order valence-electron chi connectivity index (χ1n) is 6.09. The molecule has 5 nitrogen and oxygen atoms in total. The van der Waals surface area contributed by atoms with Crippen LogP contribution >= 0.6 is 0 Å². The average Bonchev–Trinajstić information content (AvgIpc) is 2.24. The molecule has 4 N–H and O–H groups in total. The van der Waals surface area contributed by atoms with Gasteiger partial charge in [-0.15, -0.1) is 0 Å². The molecule has 0 aromatic heterocycles. The lowest BCUT2D eigenvalue weighted by atomic mass is 10.0. The zero-order valence-corrected chi connectivity index (χ0v) is 10.9. The van der Waals surface area contributed by atoms with E-state index in [1.165, 1.54) is 0 Å². The molecule has 0 aromatic rings. The van der Waals surface area contributed by atoms with Crippen molar-refractivity contribution in [1.82, 2.24) is 5.32 Å². The monoisotopic (exact) mass is 244 g/mol. The van der Waals surface area contributed by atoms with Crippen molar-refractivity contribution >= 4 is 11.9 Å². The van der Waals surface area contributed by atoms with Crippen molar-refractivity contribution in [1.29, 1.82) is 0 Å². The molecule has 0 bridgehead atoms.